The molecular weight excluding hydrogens is 296 g/mol. The zero-order valence-electron chi connectivity index (χ0n) is 10.7. The summed E-state index contributed by atoms with van der Waals surface area (Å²) >= 11 is 5.70. The van der Waals surface area contributed by atoms with Crippen molar-refractivity contribution in [3.63, 3.8) is 0 Å². The predicted octanol–water partition coefficient (Wildman–Crippen LogP) is 4.17. The van der Waals surface area contributed by atoms with Crippen molar-refractivity contribution in [3.8, 4) is 0 Å². The fourth-order valence-corrected chi connectivity index (χ4v) is 4.92. The normalized spacial score (nSPS) is 19.5. The van der Waals surface area contributed by atoms with Crippen LogP contribution in [0.4, 0.5) is 0 Å². The average Bonchev–Trinajstić information content (AvgIpc) is 2.67. The molecule has 0 unspecified atom stereocenters. The van der Waals surface area contributed by atoms with Crippen LogP contribution in [-0.4, -0.2) is 20.9 Å². The van der Waals surface area contributed by atoms with Crippen molar-refractivity contribution in [2.75, 3.05) is 11.1 Å². The Morgan fingerprint density at radius 3 is 2.65 bits per heavy atom. The number of aromatic nitrogens is 2. The van der Waals surface area contributed by atoms with E-state index >= 15 is 0 Å². The number of rotatable bonds is 4. The molecule has 4 heteroatoms. The Balaban J connectivity index is 1.98. The topological polar surface area (TPSA) is 17.8 Å². The van der Waals surface area contributed by atoms with Gasteiger partial charge in [-0.15, -0.1) is 11.8 Å². The number of alkyl halides is 1. The quantitative estimate of drug-likeness (QED) is 0.613. The molecule has 0 atom stereocenters. The summed E-state index contributed by atoms with van der Waals surface area (Å²) in [6.45, 7) is 2.06. The Morgan fingerprint density at radius 1 is 1.41 bits per heavy atom. The first kappa shape index (κ1) is 13.5. The number of hydrogen-bond donors (Lipinski definition) is 0. The highest BCUT2D eigenvalue weighted by Gasteiger charge is 2.31. The van der Waals surface area contributed by atoms with Gasteiger partial charge in [0.2, 0.25) is 0 Å². The minimum absolute atomic E-state index is 0.515. The van der Waals surface area contributed by atoms with Crippen LogP contribution in [0.25, 0.3) is 0 Å². The van der Waals surface area contributed by atoms with Crippen molar-refractivity contribution < 1.29 is 0 Å². The fraction of sp³-hybridized carbons (Fsp3) is 0.769. The summed E-state index contributed by atoms with van der Waals surface area (Å²) in [5, 5.41) is 6.85. The van der Waals surface area contributed by atoms with Crippen LogP contribution in [0.5, 0.6) is 0 Å². The Hall–Kier alpha value is 0.0400. The molecule has 0 aromatic carbocycles. The minimum atomic E-state index is 0.515. The van der Waals surface area contributed by atoms with Crippen molar-refractivity contribution >= 4 is 27.7 Å². The zero-order chi connectivity index (χ0) is 12.3. The molecule has 1 aromatic heterocycles. The molecule has 96 valence electrons. The van der Waals surface area contributed by atoms with Gasteiger partial charge in [0.05, 0.1) is 10.7 Å². The highest BCUT2D eigenvalue weighted by atomic mass is 79.9. The Kier molecular flexibility index (Phi) is 4.59. The minimum Gasteiger partial charge on any atom is -0.262 e. The number of hydrogen-bond acceptors (Lipinski definition) is 2. The van der Waals surface area contributed by atoms with E-state index in [1.807, 2.05) is 23.5 Å². The lowest BCUT2D eigenvalue weighted by molar-refractivity contribution is 0.260. The summed E-state index contributed by atoms with van der Waals surface area (Å²) in [5.41, 5.74) is 1.63. The molecule has 1 aliphatic carbocycles. The van der Waals surface area contributed by atoms with Crippen LogP contribution in [0.15, 0.2) is 11.1 Å². The first-order valence-electron chi connectivity index (χ1n) is 6.35. The maximum absolute atomic E-state index is 4.41. The SMILES string of the molecule is Cc1cc(SCC2(CBr)CCCCC2)n(C)n1. The van der Waals surface area contributed by atoms with E-state index < -0.39 is 0 Å². The van der Waals surface area contributed by atoms with Gasteiger partial charge in [-0.05, 0) is 31.2 Å². The van der Waals surface area contributed by atoms with Gasteiger partial charge < -0.3 is 0 Å². The van der Waals surface area contributed by atoms with Crippen LogP contribution >= 0.6 is 27.7 Å². The standard InChI is InChI=1S/C13H21BrN2S/c1-11-8-12(16(2)15-11)17-10-13(9-14)6-4-3-5-7-13/h8H,3-7,9-10H2,1-2H3. The van der Waals surface area contributed by atoms with Gasteiger partial charge in [-0.1, -0.05) is 35.2 Å². The lowest BCUT2D eigenvalue weighted by atomic mass is 9.77. The monoisotopic (exact) mass is 316 g/mol. The fourth-order valence-electron chi connectivity index (χ4n) is 2.57. The molecule has 1 fully saturated rings. The van der Waals surface area contributed by atoms with Gasteiger partial charge in [-0.3, -0.25) is 4.68 Å². The average molecular weight is 317 g/mol. The highest BCUT2D eigenvalue weighted by molar-refractivity contribution is 9.09. The molecule has 0 radical (unpaired) electrons. The van der Waals surface area contributed by atoms with Gasteiger partial charge in [0.15, 0.2) is 0 Å². The van der Waals surface area contributed by atoms with E-state index in [1.54, 1.807) is 0 Å². The maximum Gasteiger partial charge on any atom is 0.0939 e. The van der Waals surface area contributed by atoms with Gasteiger partial charge in [0, 0.05) is 18.1 Å². The first-order valence-corrected chi connectivity index (χ1v) is 8.45. The van der Waals surface area contributed by atoms with Crippen molar-refractivity contribution in [2.45, 2.75) is 44.1 Å². The molecule has 1 aliphatic rings. The van der Waals surface area contributed by atoms with Crippen LogP contribution in [-0.2, 0) is 7.05 Å². The Bertz CT molecular complexity index is 369. The number of nitrogens with zero attached hydrogens (tertiary/aromatic N) is 2. The number of thioether (sulfide) groups is 1. The van der Waals surface area contributed by atoms with Crippen LogP contribution < -0.4 is 0 Å². The van der Waals surface area contributed by atoms with E-state index in [0.29, 0.717) is 5.41 Å². The van der Waals surface area contributed by atoms with Gasteiger partial charge in [-0.25, -0.2) is 0 Å². The summed E-state index contributed by atoms with van der Waals surface area (Å²) in [6.07, 6.45) is 6.97. The molecular formula is C13H21BrN2S. The lowest BCUT2D eigenvalue weighted by Crippen LogP contribution is -2.28. The van der Waals surface area contributed by atoms with Crippen LogP contribution in [0, 0.1) is 12.3 Å². The number of halogens is 1. The summed E-state index contributed by atoms with van der Waals surface area (Å²) in [7, 11) is 2.04. The molecule has 0 amide bonds. The Morgan fingerprint density at radius 2 is 2.12 bits per heavy atom. The first-order chi connectivity index (χ1) is 8.15. The molecule has 17 heavy (non-hydrogen) atoms. The molecule has 0 aliphatic heterocycles. The Labute approximate surface area is 117 Å². The van der Waals surface area contributed by atoms with Crippen molar-refractivity contribution in [3.05, 3.63) is 11.8 Å². The van der Waals surface area contributed by atoms with Crippen molar-refractivity contribution in [2.24, 2.45) is 12.5 Å². The van der Waals surface area contributed by atoms with Gasteiger partial charge in [-0.2, -0.15) is 5.10 Å². The molecule has 0 bridgehead atoms. The second-order valence-electron chi connectivity index (χ2n) is 5.23. The summed E-state index contributed by atoms with van der Waals surface area (Å²) in [4.78, 5) is 0. The summed E-state index contributed by atoms with van der Waals surface area (Å²) in [6, 6.07) is 2.19. The molecule has 0 N–H and O–H groups in total. The molecule has 2 nitrogen and oxygen atoms in total. The second kappa shape index (κ2) is 5.79. The third-order valence-corrected chi connectivity index (χ3v) is 6.31. The van der Waals surface area contributed by atoms with Crippen molar-refractivity contribution in [1.82, 2.24) is 9.78 Å². The van der Waals surface area contributed by atoms with Crippen LogP contribution in [0.2, 0.25) is 0 Å². The molecule has 1 heterocycles. The van der Waals surface area contributed by atoms with Crippen LogP contribution in [0.3, 0.4) is 0 Å². The maximum atomic E-state index is 4.41. The van der Waals surface area contributed by atoms with E-state index in [2.05, 4.69) is 34.0 Å². The number of aryl methyl sites for hydroxylation is 2. The third-order valence-electron chi connectivity index (χ3n) is 3.68. The summed E-state index contributed by atoms with van der Waals surface area (Å²) < 4.78 is 2.00. The third kappa shape index (κ3) is 3.28. The van der Waals surface area contributed by atoms with E-state index in [0.717, 1.165) is 11.0 Å². The smallest absolute Gasteiger partial charge is 0.0939 e. The lowest BCUT2D eigenvalue weighted by Gasteiger charge is -2.35. The van der Waals surface area contributed by atoms with E-state index in [4.69, 9.17) is 0 Å². The van der Waals surface area contributed by atoms with Gasteiger partial charge in [0.25, 0.3) is 0 Å². The predicted molar refractivity (Wildman–Crippen MR) is 78.0 cm³/mol. The molecule has 0 saturated heterocycles. The molecule has 1 saturated carbocycles. The highest BCUT2D eigenvalue weighted by Crippen LogP contribution is 2.41. The van der Waals surface area contributed by atoms with Gasteiger partial charge in [0.1, 0.15) is 0 Å². The molecule has 2 rings (SSSR count). The summed E-state index contributed by atoms with van der Waals surface area (Å²) in [5.74, 6) is 1.22. The largest absolute Gasteiger partial charge is 0.262 e. The van der Waals surface area contributed by atoms with Crippen LogP contribution in [0.1, 0.15) is 37.8 Å². The second-order valence-corrected chi connectivity index (χ2v) is 6.79. The zero-order valence-corrected chi connectivity index (χ0v) is 13.1. The van der Waals surface area contributed by atoms with Gasteiger partial charge >= 0.3 is 0 Å². The van der Waals surface area contributed by atoms with E-state index in [9.17, 15) is 0 Å². The molecule has 1 aromatic rings. The van der Waals surface area contributed by atoms with Crippen molar-refractivity contribution in [1.29, 1.82) is 0 Å². The molecule has 0 spiro atoms. The van der Waals surface area contributed by atoms with E-state index in [1.165, 1.54) is 42.9 Å². The van der Waals surface area contributed by atoms with E-state index in [-0.39, 0.29) is 0 Å².